The van der Waals surface area contributed by atoms with Gasteiger partial charge in [-0.05, 0) is 42.2 Å². The standard InChI is InChI=1S/C20H16FNO4S/c1-26-20(23)18-12-22(27(24,25)15-7-4-6-14(21)11-15)19-16-8-3-2-5-13(16)9-10-17(18)19/h2-8,11-12H,9-10H2,1H3. The van der Waals surface area contributed by atoms with Gasteiger partial charge in [0.05, 0.1) is 23.3 Å². The van der Waals surface area contributed by atoms with Gasteiger partial charge in [-0.3, -0.25) is 0 Å². The third kappa shape index (κ3) is 2.75. The van der Waals surface area contributed by atoms with E-state index in [1.807, 2.05) is 24.3 Å². The van der Waals surface area contributed by atoms with Gasteiger partial charge < -0.3 is 4.74 Å². The highest BCUT2D eigenvalue weighted by Crippen LogP contribution is 2.38. The maximum Gasteiger partial charge on any atom is 0.339 e. The minimum absolute atomic E-state index is 0.181. The van der Waals surface area contributed by atoms with Crippen molar-refractivity contribution in [3.05, 3.63) is 77.2 Å². The first kappa shape index (κ1) is 17.5. The summed E-state index contributed by atoms with van der Waals surface area (Å²) in [4.78, 5) is 12.1. The number of esters is 1. The SMILES string of the molecule is COC(=O)c1cn(S(=O)(=O)c2cccc(F)c2)c2c1CCc1ccccc1-2. The molecule has 0 fully saturated rings. The van der Waals surface area contributed by atoms with E-state index in [1.165, 1.54) is 31.5 Å². The molecular formula is C20H16FNO4S. The number of rotatable bonds is 3. The average molecular weight is 385 g/mol. The van der Waals surface area contributed by atoms with Crippen LogP contribution in [0.2, 0.25) is 0 Å². The second-order valence-corrected chi connectivity index (χ2v) is 8.09. The average Bonchev–Trinajstić information content (AvgIpc) is 3.08. The topological polar surface area (TPSA) is 65.4 Å². The predicted molar refractivity (Wildman–Crippen MR) is 97.6 cm³/mol. The molecule has 3 aromatic rings. The van der Waals surface area contributed by atoms with Crippen molar-refractivity contribution in [3.8, 4) is 11.3 Å². The molecule has 7 heteroatoms. The number of benzene rings is 2. The first-order valence-corrected chi connectivity index (χ1v) is 9.79. The highest BCUT2D eigenvalue weighted by atomic mass is 32.2. The molecule has 5 nitrogen and oxygen atoms in total. The summed E-state index contributed by atoms with van der Waals surface area (Å²) >= 11 is 0. The van der Waals surface area contributed by atoms with Crippen molar-refractivity contribution in [2.75, 3.05) is 7.11 Å². The normalized spacial score (nSPS) is 13.0. The Morgan fingerprint density at radius 2 is 1.89 bits per heavy atom. The third-order valence-corrected chi connectivity index (χ3v) is 6.41. The number of hydrogen-bond donors (Lipinski definition) is 0. The van der Waals surface area contributed by atoms with Crippen LogP contribution in [0.5, 0.6) is 0 Å². The minimum atomic E-state index is -4.10. The van der Waals surface area contributed by atoms with Gasteiger partial charge in [-0.2, -0.15) is 0 Å². The minimum Gasteiger partial charge on any atom is -0.465 e. The lowest BCUT2D eigenvalue weighted by molar-refractivity contribution is 0.0599. The van der Waals surface area contributed by atoms with Crippen molar-refractivity contribution in [1.29, 1.82) is 0 Å². The first-order chi connectivity index (χ1) is 12.9. The molecule has 2 aromatic carbocycles. The number of fused-ring (bicyclic) bond motifs is 3. The van der Waals surface area contributed by atoms with E-state index in [9.17, 15) is 17.6 Å². The number of carbonyl (C=O) groups excluding carboxylic acids is 1. The van der Waals surface area contributed by atoms with Crippen molar-refractivity contribution < 1.29 is 22.3 Å². The summed E-state index contributed by atoms with van der Waals surface area (Å²) in [6.45, 7) is 0. The molecule has 1 aliphatic carbocycles. The lowest BCUT2D eigenvalue weighted by Crippen LogP contribution is -2.16. The summed E-state index contributed by atoms with van der Waals surface area (Å²) in [5.41, 5.74) is 3.01. The van der Waals surface area contributed by atoms with E-state index in [2.05, 4.69) is 0 Å². The predicted octanol–water partition coefficient (Wildman–Crippen LogP) is 3.42. The number of halogens is 1. The van der Waals surface area contributed by atoms with Crippen LogP contribution in [0.15, 0.2) is 59.6 Å². The zero-order chi connectivity index (χ0) is 19.2. The number of nitrogens with zero attached hydrogens (tertiary/aromatic N) is 1. The lowest BCUT2D eigenvalue weighted by Gasteiger charge is -2.20. The summed E-state index contributed by atoms with van der Waals surface area (Å²) in [5, 5.41) is 0. The molecule has 0 spiro atoms. The molecule has 138 valence electrons. The Morgan fingerprint density at radius 1 is 1.11 bits per heavy atom. The molecular weight excluding hydrogens is 369 g/mol. The fourth-order valence-corrected chi connectivity index (χ4v) is 4.93. The van der Waals surface area contributed by atoms with Crippen LogP contribution in [-0.2, 0) is 27.6 Å². The van der Waals surface area contributed by atoms with E-state index in [0.29, 0.717) is 24.1 Å². The van der Waals surface area contributed by atoms with Gasteiger partial charge in [0.1, 0.15) is 5.82 Å². The summed E-state index contributed by atoms with van der Waals surface area (Å²) in [5.74, 6) is -1.25. The molecule has 0 bridgehead atoms. The molecule has 0 N–H and O–H groups in total. The fourth-order valence-electron chi connectivity index (χ4n) is 3.50. The Labute approximate surface area is 156 Å². The second kappa shape index (κ2) is 6.35. The number of carbonyl (C=O) groups is 1. The first-order valence-electron chi connectivity index (χ1n) is 8.35. The van der Waals surface area contributed by atoms with Crippen molar-refractivity contribution >= 4 is 16.0 Å². The maximum atomic E-state index is 13.6. The van der Waals surface area contributed by atoms with Gasteiger partial charge >= 0.3 is 5.97 Å². The van der Waals surface area contributed by atoms with Crippen LogP contribution in [-0.4, -0.2) is 25.5 Å². The summed E-state index contributed by atoms with van der Waals surface area (Å²) in [6, 6.07) is 12.3. The second-order valence-electron chi connectivity index (χ2n) is 6.28. The monoisotopic (exact) mass is 385 g/mol. The van der Waals surface area contributed by atoms with Gasteiger partial charge in [0.15, 0.2) is 0 Å². The zero-order valence-electron chi connectivity index (χ0n) is 14.5. The number of hydrogen-bond acceptors (Lipinski definition) is 4. The Hall–Kier alpha value is -2.93. The molecule has 0 amide bonds. The van der Waals surface area contributed by atoms with E-state index in [4.69, 9.17) is 4.74 Å². The molecule has 27 heavy (non-hydrogen) atoms. The Morgan fingerprint density at radius 3 is 2.63 bits per heavy atom. The third-order valence-electron chi connectivity index (χ3n) is 4.75. The van der Waals surface area contributed by atoms with Crippen LogP contribution in [0, 0.1) is 5.82 Å². The molecule has 0 saturated carbocycles. The van der Waals surface area contributed by atoms with E-state index in [0.717, 1.165) is 21.2 Å². The van der Waals surface area contributed by atoms with Crippen LogP contribution >= 0.6 is 0 Å². The van der Waals surface area contributed by atoms with Gasteiger partial charge in [0, 0.05) is 11.8 Å². The van der Waals surface area contributed by atoms with Crippen LogP contribution in [0.1, 0.15) is 21.5 Å². The summed E-state index contributed by atoms with van der Waals surface area (Å²) < 4.78 is 46.0. The maximum absolute atomic E-state index is 13.6. The largest absolute Gasteiger partial charge is 0.465 e. The number of ether oxygens (including phenoxy) is 1. The highest BCUT2D eigenvalue weighted by molar-refractivity contribution is 7.90. The molecule has 0 atom stereocenters. The molecule has 4 rings (SSSR count). The van der Waals surface area contributed by atoms with Crippen molar-refractivity contribution in [3.63, 3.8) is 0 Å². The number of methoxy groups -OCH3 is 1. The summed E-state index contributed by atoms with van der Waals surface area (Å²) in [6.07, 6.45) is 2.48. The van der Waals surface area contributed by atoms with Crippen molar-refractivity contribution in [2.24, 2.45) is 0 Å². The van der Waals surface area contributed by atoms with Crippen molar-refractivity contribution in [1.82, 2.24) is 3.97 Å². The van der Waals surface area contributed by atoms with Gasteiger partial charge in [0.25, 0.3) is 10.0 Å². The molecule has 1 aliphatic rings. The van der Waals surface area contributed by atoms with Crippen LogP contribution < -0.4 is 0 Å². The Balaban J connectivity index is 2.03. The molecule has 1 aromatic heterocycles. The van der Waals surface area contributed by atoms with Crippen LogP contribution in [0.25, 0.3) is 11.3 Å². The van der Waals surface area contributed by atoms with E-state index in [-0.39, 0.29) is 10.5 Å². The highest BCUT2D eigenvalue weighted by Gasteiger charge is 2.32. The van der Waals surface area contributed by atoms with Gasteiger partial charge in [0.2, 0.25) is 0 Å². The quantitative estimate of drug-likeness (QED) is 0.648. The smallest absolute Gasteiger partial charge is 0.339 e. The zero-order valence-corrected chi connectivity index (χ0v) is 15.3. The molecule has 1 heterocycles. The lowest BCUT2D eigenvalue weighted by atomic mass is 9.89. The molecule has 0 aliphatic heterocycles. The fraction of sp³-hybridized carbons (Fsp3) is 0.150. The van der Waals surface area contributed by atoms with E-state index >= 15 is 0 Å². The van der Waals surface area contributed by atoms with E-state index in [1.54, 1.807) is 0 Å². The van der Waals surface area contributed by atoms with E-state index < -0.39 is 21.8 Å². The molecule has 0 unspecified atom stereocenters. The number of aryl methyl sites for hydroxylation is 1. The molecule has 0 saturated heterocycles. The van der Waals surface area contributed by atoms with Crippen LogP contribution in [0.3, 0.4) is 0 Å². The van der Waals surface area contributed by atoms with Gasteiger partial charge in [-0.15, -0.1) is 0 Å². The Bertz CT molecular complexity index is 1160. The number of aromatic nitrogens is 1. The van der Waals surface area contributed by atoms with Crippen LogP contribution in [0.4, 0.5) is 4.39 Å². The van der Waals surface area contributed by atoms with Gasteiger partial charge in [-0.25, -0.2) is 21.6 Å². The Kier molecular flexibility index (Phi) is 4.11. The van der Waals surface area contributed by atoms with Crippen molar-refractivity contribution in [2.45, 2.75) is 17.7 Å². The molecule has 0 radical (unpaired) electrons. The van der Waals surface area contributed by atoms with Gasteiger partial charge in [-0.1, -0.05) is 30.3 Å². The summed E-state index contributed by atoms with van der Waals surface area (Å²) in [7, 11) is -2.84.